The quantitative estimate of drug-likeness (QED) is 0.775. The fourth-order valence-corrected chi connectivity index (χ4v) is 3.24. The second-order valence-corrected chi connectivity index (χ2v) is 7.10. The van der Waals surface area contributed by atoms with Crippen LogP contribution in [-0.2, 0) is 11.0 Å². The molecule has 0 bridgehead atoms. The fourth-order valence-electron chi connectivity index (χ4n) is 3.24. The molecule has 1 aliphatic rings. The number of halogens is 3. The summed E-state index contributed by atoms with van der Waals surface area (Å²) >= 11 is 0. The first-order chi connectivity index (χ1) is 13.8. The summed E-state index contributed by atoms with van der Waals surface area (Å²) in [5.74, 6) is 0.683. The van der Waals surface area contributed by atoms with E-state index < -0.39 is 11.7 Å². The molecule has 5 nitrogen and oxygen atoms in total. The number of para-hydroxylation sites is 1. The van der Waals surface area contributed by atoms with Crippen LogP contribution in [0.25, 0.3) is 0 Å². The third kappa shape index (κ3) is 6.10. The number of ether oxygens (including phenoxy) is 2. The standard InChI is InChI=1S/C21H23F3N2O3/c1-14-4-2-3-5-18(14)28-13-19(27)26-16-7-9-17(10-8-16)29-20-11-6-15(12-25-20)21(22,23)24/h2-6,11-12,16-17H,7-10,13H2,1H3,(H,26,27). The lowest BCUT2D eigenvalue weighted by atomic mass is 9.93. The van der Waals surface area contributed by atoms with Crippen molar-refractivity contribution in [2.45, 2.75) is 50.9 Å². The van der Waals surface area contributed by atoms with Crippen molar-refractivity contribution >= 4 is 5.91 Å². The summed E-state index contributed by atoms with van der Waals surface area (Å²) in [4.78, 5) is 15.9. The van der Waals surface area contributed by atoms with Crippen LogP contribution in [0, 0.1) is 6.92 Å². The highest BCUT2D eigenvalue weighted by atomic mass is 19.4. The number of benzene rings is 1. The fraction of sp³-hybridized carbons (Fsp3) is 0.429. The molecule has 0 saturated heterocycles. The molecule has 1 N–H and O–H groups in total. The average molecular weight is 408 g/mol. The van der Waals surface area contributed by atoms with Gasteiger partial charge in [0.05, 0.1) is 5.56 Å². The van der Waals surface area contributed by atoms with E-state index in [9.17, 15) is 18.0 Å². The van der Waals surface area contributed by atoms with Gasteiger partial charge in [0.2, 0.25) is 5.88 Å². The zero-order chi connectivity index (χ0) is 20.9. The van der Waals surface area contributed by atoms with Crippen LogP contribution in [0.4, 0.5) is 13.2 Å². The Morgan fingerprint density at radius 3 is 2.48 bits per heavy atom. The molecular weight excluding hydrogens is 385 g/mol. The lowest BCUT2D eigenvalue weighted by Crippen LogP contribution is -2.41. The van der Waals surface area contributed by atoms with E-state index in [1.165, 1.54) is 6.07 Å². The van der Waals surface area contributed by atoms with Gasteiger partial charge in [-0.25, -0.2) is 4.98 Å². The van der Waals surface area contributed by atoms with Gasteiger partial charge in [0, 0.05) is 18.3 Å². The number of pyridine rings is 1. The molecule has 0 aliphatic heterocycles. The molecule has 1 aromatic heterocycles. The van der Waals surface area contributed by atoms with Gasteiger partial charge in [0.15, 0.2) is 6.61 Å². The van der Waals surface area contributed by atoms with Crippen LogP contribution in [-0.4, -0.2) is 29.6 Å². The van der Waals surface area contributed by atoms with Crippen LogP contribution < -0.4 is 14.8 Å². The summed E-state index contributed by atoms with van der Waals surface area (Å²) in [5, 5.41) is 2.96. The molecule has 29 heavy (non-hydrogen) atoms. The number of amides is 1. The normalized spacial score (nSPS) is 19.4. The Morgan fingerprint density at radius 2 is 1.86 bits per heavy atom. The number of aryl methyl sites for hydroxylation is 1. The highest BCUT2D eigenvalue weighted by Gasteiger charge is 2.31. The second kappa shape index (κ2) is 9.15. The first-order valence-electron chi connectivity index (χ1n) is 9.49. The molecule has 0 unspecified atom stereocenters. The number of nitrogens with zero attached hydrogens (tertiary/aromatic N) is 1. The number of aromatic nitrogens is 1. The van der Waals surface area contributed by atoms with Crippen LogP contribution in [0.1, 0.15) is 36.8 Å². The van der Waals surface area contributed by atoms with E-state index >= 15 is 0 Å². The maximum Gasteiger partial charge on any atom is 0.417 e. The minimum atomic E-state index is -4.41. The van der Waals surface area contributed by atoms with Crippen molar-refractivity contribution in [1.29, 1.82) is 0 Å². The molecule has 1 heterocycles. The summed E-state index contributed by atoms with van der Waals surface area (Å²) in [5.41, 5.74) is 0.166. The molecule has 1 aromatic carbocycles. The van der Waals surface area contributed by atoms with Gasteiger partial charge >= 0.3 is 6.18 Å². The van der Waals surface area contributed by atoms with Gasteiger partial charge in [-0.05, 0) is 50.3 Å². The lowest BCUT2D eigenvalue weighted by molar-refractivity contribution is -0.137. The summed E-state index contributed by atoms with van der Waals surface area (Å²) < 4.78 is 48.9. The second-order valence-electron chi connectivity index (χ2n) is 7.10. The minimum Gasteiger partial charge on any atom is -0.484 e. The maximum atomic E-state index is 12.6. The largest absolute Gasteiger partial charge is 0.484 e. The summed E-state index contributed by atoms with van der Waals surface area (Å²) in [6.07, 6.45) is -0.947. The van der Waals surface area contributed by atoms with Crippen molar-refractivity contribution < 1.29 is 27.4 Å². The first kappa shape index (κ1) is 21.0. The van der Waals surface area contributed by atoms with E-state index in [1.807, 2.05) is 31.2 Å². The van der Waals surface area contributed by atoms with Gasteiger partial charge in [0.25, 0.3) is 5.91 Å². The molecular formula is C21H23F3N2O3. The van der Waals surface area contributed by atoms with Gasteiger partial charge in [-0.2, -0.15) is 13.2 Å². The molecule has 156 valence electrons. The van der Waals surface area contributed by atoms with Crippen molar-refractivity contribution in [2.75, 3.05) is 6.61 Å². The van der Waals surface area contributed by atoms with Crippen LogP contribution >= 0.6 is 0 Å². The Labute approximate surface area is 167 Å². The van der Waals surface area contributed by atoms with Crippen LogP contribution in [0.2, 0.25) is 0 Å². The monoisotopic (exact) mass is 408 g/mol. The van der Waals surface area contributed by atoms with Gasteiger partial charge in [-0.1, -0.05) is 18.2 Å². The first-order valence-corrected chi connectivity index (χ1v) is 9.49. The molecule has 1 fully saturated rings. The van der Waals surface area contributed by atoms with Gasteiger partial charge in [0.1, 0.15) is 11.9 Å². The SMILES string of the molecule is Cc1ccccc1OCC(=O)NC1CCC(Oc2ccc(C(F)(F)F)cn2)CC1. The lowest BCUT2D eigenvalue weighted by Gasteiger charge is -2.29. The number of hydrogen-bond donors (Lipinski definition) is 1. The van der Waals surface area contributed by atoms with E-state index in [4.69, 9.17) is 9.47 Å². The Balaban J connectivity index is 1.40. The van der Waals surface area contributed by atoms with Crippen molar-refractivity contribution in [3.8, 4) is 11.6 Å². The van der Waals surface area contributed by atoms with E-state index in [2.05, 4.69) is 10.3 Å². The number of rotatable bonds is 6. The predicted molar refractivity (Wildman–Crippen MR) is 101 cm³/mol. The van der Waals surface area contributed by atoms with E-state index in [0.29, 0.717) is 18.6 Å². The number of carbonyl (C=O) groups is 1. The van der Waals surface area contributed by atoms with Crippen molar-refractivity contribution in [1.82, 2.24) is 10.3 Å². The van der Waals surface area contributed by atoms with Crippen LogP contribution in [0.15, 0.2) is 42.6 Å². The number of carbonyl (C=O) groups excluding carboxylic acids is 1. The highest BCUT2D eigenvalue weighted by molar-refractivity contribution is 5.77. The molecule has 1 aliphatic carbocycles. The molecule has 2 aromatic rings. The molecule has 0 atom stereocenters. The van der Waals surface area contributed by atoms with Crippen molar-refractivity contribution in [3.05, 3.63) is 53.7 Å². The third-order valence-corrected chi connectivity index (χ3v) is 4.84. The van der Waals surface area contributed by atoms with Crippen molar-refractivity contribution in [3.63, 3.8) is 0 Å². The maximum absolute atomic E-state index is 12.6. The summed E-state index contributed by atoms with van der Waals surface area (Å²) in [6, 6.07) is 9.72. The smallest absolute Gasteiger partial charge is 0.417 e. The number of nitrogens with one attached hydrogen (secondary N) is 1. The van der Waals surface area contributed by atoms with Crippen LogP contribution in [0.5, 0.6) is 11.6 Å². The predicted octanol–water partition coefficient (Wildman–Crippen LogP) is 4.29. The Hall–Kier alpha value is -2.77. The van der Waals surface area contributed by atoms with E-state index in [1.54, 1.807) is 0 Å². The highest BCUT2D eigenvalue weighted by Crippen LogP contribution is 2.30. The van der Waals surface area contributed by atoms with E-state index in [-0.39, 0.29) is 30.5 Å². The van der Waals surface area contributed by atoms with Crippen molar-refractivity contribution in [2.24, 2.45) is 0 Å². The summed E-state index contributed by atoms with van der Waals surface area (Å²) in [7, 11) is 0. The minimum absolute atomic E-state index is 0.0309. The van der Waals surface area contributed by atoms with Gasteiger partial charge in [-0.15, -0.1) is 0 Å². The van der Waals surface area contributed by atoms with Gasteiger partial charge in [-0.3, -0.25) is 4.79 Å². The zero-order valence-electron chi connectivity index (χ0n) is 16.0. The Bertz CT molecular complexity index is 817. The Kier molecular flexibility index (Phi) is 6.61. The molecule has 0 spiro atoms. The summed E-state index contributed by atoms with van der Waals surface area (Å²) in [6.45, 7) is 1.87. The number of hydrogen-bond acceptors (Lipinski definition) is 4. The Morgan fingerprint density at radius 1 is 1.14 bits per heavy atom. The molecule has 3 rings (SSSR count). The topological polar surface area (TPSA) is 60.5 Å². The third-order valence-electron chi connectivity index (χ3n) is 4.84. The molecule has 1 saturated carbocycles. The average Bonchev–Trinajstić information content (AvgIpc) is 2.69. The molecule has 1 amide bonds. The van der Waals surface area contributed by atoms with Crippen LogP contribution in [0.3, 0.4) is 0 Å². The molecule has 8 heteroatoms. The number of alkyl halides is 3. The van der Waals surface area contributed by atoms with Gasteiger partial charge < -0.3 is 14.8 Å². The van der Waals surface area contributed by atoms with E-state index in [0.717, 1.165) is 30.7 Å². The zero-order valence-corrected chi connectivity index (χ0v) is 16.0. The molecule has 0 radical (unpaired) electrons.